The smallest absolute Gasteiger partial charge is 0.0623 e. The monoisotopic (exact) mass is 187 g/mol. The largest absolute Gasteiger partial charge is 0.396 e. The van der Waals surface area contributed by atoms with Crippen LogP contribution in [0.25, 0.3) is 0 Å². The van der Waals surface area contributed by atoms with Crippen molar-refractivity contribution in [3.63, 3.8) is 0 Å². The second-order valence-corrected chi connectivity index (χ2v) is 4.61. The van der Waals surface area contributed by atoms with Gasteiger partial charge in [-0.1, -0.05) is 0 Å². The number of hydrogen-bond acceptors (Lipinski definition) is 3. The molecular formula is C10H21NO2. The van der Waals surface area contributed by atoms with Crippen LogP contribution in [-0.4, -0.2) is 48.0 Å². The Bertz CT molecular complexity index is 151. The van der Waals surface area contributed by atoms with Gasteiger partial charge in [-0.2, -0.15) is 0 Å². The molecule has 0 aromatic carbocycles. The van der Waals surface area contributed by atoms with E-state index < -0.39 is 0 Å². The van der Waals surface area contributed by atoms with E-state index in [2.05, 4.69) is 25.7 Å². The molecule has 1 fully saturated rings. The molecule has 0 unspecified atom stereocenters. The third-order valence-corrected chi connectivity index (χ3v) is 2.55. The van der Waals surface area contributed by atoms with Crippen LogP contribution in [0.5, 0.6) is 0 Å². The second kappa shape index (κ2) is 4.40. The van der Waals surface area contributed by atoms with E-state index in [4.69, 9.17) is 9.84 Å². The molecule has 1 rings (SSSR count). The summed E-state index contributed by atoms with van der Waals surface area (Å²) >= 11 is 0. The van der Waals surface area contributed by atoms with Crippen LogP contribution in [0.2, 0.25) is 0 Å². The van der Waals surface area contributed by atoms with E-state index in [1.165, 1.54) is 0 Å². The van der Waals surface area contributed by atoms with Gasteiger partial charge in [0.15, 0.2) is 0 Å². The highest BCUT2D eigenvalue weighted by atomic mass is 16.5. The van der Waals surface area contributed by atoms with Gasteiger partial charge in [0.05, 0.1) is 13.2 Å². The highest BCUT2D eigenvalue weighted by molar-refractivity contribution is 4.85. The maximum absolute atomic E-state index is 8.92. The van der Waals surface area contributed by atoms with Gasteiger partial charge < -0.3 is 9.84 Å². The van der Waals surface area contributed by atoms with Crippen molar-refractivity contribution >= 4 is 0 Å². The first kappa shape index (κ1) is 11.0. The van der Waals surface area contributed by atoms with Gasteiger partial charge in [-0.15, -0.1) is 0 Å². The summed E-state index contributed by atoms with van der Waals surface area (Å²) in [6, 6.07) is 0.388. The molecule has 1 aliphatic rings. The Balaban J connectivity index is 2.56. The molecule has 3 nitrogen and oxygen atoms in total. The Morgan fingerprint density at radius 3 is 2.69 bits per heavy atom. The van der Waals surface area contributed by atoms with Crippen LogP contribution >= 0.6 is 0 Å². The predicted molar refractivity (Wildman–Crippen MR) is 52.8 cm³/mol. The molecule has 1 N–H and O–H groups in total. The number of aliphatic hydroxyl groups is 1. The molecule has 0 spiro atoms. The zero-order valence-corrected chi connectivity index (χ0v) is 8.92. The number of aliphatic hydroxyl groups excluding tert-OH is 1. The van der Waals surface area contributed by atoms with Gasteiger partial charge in [-0.25, -0.2) is 0 Å². The van der Waals surface area contributed by atoms with E-state index in [0.717, 1.165) is 26.2 Å². The van der Waals surface area contributed by atoms with E-state index in [1.54, 1.807) is 0 Å². The standard InChI is InChI=1S/C10H21NO2/c1-10(2,3)11-5-7-13-8-9(11)4-6-12/h9,12H,4-8H2,1-3H3/t9-/m1/s1. The van der Waals surface area contributed by atoms with Gasteiger partial charge in [-0.3, -0.25) is 4.90 Å². The van der Waals surface area contributed by atoms with Gasteiger partial charge >= 0.3 is 0 Å². The normalized spacial score (nSPS) is 26.3. The Labute approximate surface area is 80.7 Å². The number of hydrogen-bond donors (Lipinski definition) is 1. The van der Waals surface area contributed by atoms with Crippen molar-refractivity contribution in [1.29, 1.82) is 0 Å². The maximum Gasteiger partial charge on any atom is 0.0623 e. The van der Waals surface area contributed by atoms with Gasteiger partial charge in [0.25, 0.3) is 0 Å². The highest BCUT2D eigenvalue weighted by Gasteiger charge is 2.30. The fourth-order valence-corrected chi connectivity index (χ4v) is 1.93. The summed E-state index contributed by atoms with van der Waals surface area (Å²) in [5, 5.41) is 8.92. The molecule has 0 aromatic heterocycles. The fourth-order valence-electron chi connectivity index (χ4n) is 1.93. The minimum Gasteiger partial charge on any atom is -0.396 e. The second-order valence-electron chi connectivity index (χ2n) is 4.61. The van der Waals surface area contributed by atoms with Crippen LogP contribution in [0, 0.1) is 0 Å². The zero-order chi connectivity index (χ0) is 9.90. The Morgan fingerprint density at radius 1 is 1.46 bits per heavy atom. The van der Waals surface area contributed by atoms with Gasteiger partial charge in [0.2, 0.25) is 0 Å². The lowest BCUT2D eigenvalue weighted by Gasteiger charge is -2.44. The lowest BCUT2D eigenvalue weighted by atomic mass is 10.0. The van der Waals surface area contributed by atoms with Crippen molar-refractivity contribution in [2.24, 2.45) is 0 Å². The summed E-state index contributed by atoms with van der Waals surface area (Å²) in [5.41, 5.74) is 0.184. The molecule has 0 amide bonds. The van der Waals surface area contributed by atoms with Crippen LogP contribution in [0.3, 0.4) is 0 Å². The van der Waals surface area contributed by atoms with Crippen LogP contribution < -0.4 is 0 Å². The van der Waals surface area contributed by atoms with Crippen LogP contribution in [0.4, 0.5) is 0 Å². The maximum atomic E-state index is 8.92. The Morgan fingerprint density at radius 2 is 2.15 bits per heavy atom. The lowest BCUT2D eigenvalue weighted by molar-refractivity contribution is -0.0555. The van der Waals surface area contributed by atoms with Crippen LogP contribution in [0.15, 0.2) is 0 Å². The summed E-state index contributed by atoms with van der Waals surface area (Å²) in [4.78, 5) is 2.42. The van der Waals surface area contributed by atoms with E-state index in [9.17, 15) is 0 Å². The molecule has 1 atom stereocenters. The molecule has 0 aliphatic carbocycles. The van der Waals surface area contributed by atoms with Crippen molar-refractivity contribution in [1.82, 2.24) is 4.90 Å². The topological polar surface area (TPSA) is 32.7 Å². The molecule has 13 heavy (non-hydrogen) atoms. The molecule has 0 bridgehead atoms. The molecular weight excluding hydrogens is 166 g/mol. The van der Waals surface area contributed by atoms with E-state index in [-0.39, 0.29) is 12.1 Å². The van der Waals surface area contributed by atoms with Gasteiger partial charge in [0, 0.05) is 24.7 Å². The summed E-state index contributed by atoms with van der Waals surface area (Å²) < 4.78 is 5.41. The van der Waals surface area contributed by atoms with Gasteiger partial charge in [0.1, 0.15) is 0 Å². The average Bonchev–Trinajstić information content (AvgIpc) is 2.04. The summed E-state index contributed by atoms with van der Waals surface area (Å²) in [6.07, 6.45) is 0.817. The molecule has 0 aromatic rings. The van der Waals surface area contributed by atoms with Crippen molar-refractivity contribution < 1.29 is 9.84 Å². The molecule has 3 heteroatoms. The van der Waals surface area contributed by atoms with Crippen molar-refractivity contribution in [2.75, 3.05) is 26.4 Å². The minimum atomic E-state index is 0.184. The molecule has 1 heterocycles. The summed E-state index contributed by atoms with van der Waals surface area (Å²) in [7, 11) is 0. The third kappa shape index (κ3) is 2.93. The Hall–Kier alpha value is -0.120. The predicted octanol–water partition coefficient (Wildman–Crippen LogP) is 0.868. The highest BCUT2D eigenvalue weighted by Crippen LogP contribution is 2.21. The first-order valence-electron chi connectivity index (χ1n) is 5.01. The summed E-state index contributed by atoms with van der Waals surface area (Å²) in [5.74, 6) is 0. The molecule has 0 radical (unpaired) electrons. The van der Waals surface area contributed by atoms with Crippen LogP contribution in [0.1, 0.15) is 27.2 Å². The van der Waals surface area contributed by atoms with Crippen molar-refractivity contribution in [3.05, 3.63) is 0 Å². The molecule has 0 saturated carbocycles. The van der Waals surface area contributed by atoms with E-state index in [0.29, 0.717) is 6.04 Å². The zero-order valence-electron chi connectivity index (χ0n) is 8.92. The summed E-state index contributed by atoms with van der Waals surface area (Å²) in [6.45, 7) is 9.44. The first-order chi connectivity index (χ1) is 6.05. The fraction of sp³-hybridized carbons (Fsp3) is 1.00. The van der Waals surface area contributed by atoms with E-state index in [1.807, 2.05) is 0 Å². The van der Waals surface area contributed by atoms with Crippen molar-refractivity contribution in [2.45, 2.75) is 38.8 Å². The first-order valence-corrected chi connectivity index (χ1v) is 5.01. The van der Waals surface area contributed by atoms with E-state index >= 15 is 0 Å². The number of nitrogens with zero attached hydrogens (tertiary/aromatic N) is 1. The molecule has 1 saturated heterocycles. The minimum absolute atomic E-state index is 0.184. The molecule has 1 aliphatic heterocycles. The SMILES string of the molecule is CC(C)(C)N1CCOC[C@H]1CCO. The number of morpholine rings is 1. The lowest BCUT2D eigenvalue weighted by Crippen LogP contribution is -2.54. The Kier molecular flexibility index (Phi) is 3.71. The van der Waals surface area contributed by atoms with Crippen molar-refractivity contribution in [3.8, 4) is 0 Å². The third-order valence-electron chi connectivity index (χ3n) is 2.55. The number of rotatable bonds is 2. The van der Waals surface area contributed by atoms with Crippen LogP contribution in [-0.2, 0) is 4.74 Å². The van der Waals surface area contributed by atoms with Gasteiger partial charge in [-0.05, 0) is 27.2 Å². The quantitative estimate of drug-likeness (QED) is 0.696. The average molecular weight is 187 g/mol. The molecule has 78 valence electrons. The number of ether oxygens (including phenoxy) is 1.